The van der Waals surface area contributed by atoms with E-state index in [2.05, 4.69) is 5.32 Å². The predicted octanol–water partition coefficient (Wildman–Crippen LogP) is 4.73. The van der Waals surface area contributed by atoms with E-state index < -0.39 is 0 Å². The van der Waals surface area contributed by atoms with Crippen molar-refractivity contribution >= 4 is 34.8 Å². The number of halogens is 2. The average Bonchev–Trinajstić information content (AvgIpc) is 2.50. The molecule has 1 N–H and O–H groups in total. The molecule has 0 aliphatic carbocycles. The number of carbonyl (C=O) groups excluding carboxylic acids is 1. The molecule has 0 aliphatic heterocycles. The largest absolute Gasteiger partial charge is 0.492 e. The Kier molecular flexibility index (Phi) is 5.48. The Labute approximate surface area is 133 Å². The van der Waals surface area contributed by atoms with E-state index in [1.54, 1.807) is 30.3 Å². The van der Waals surface area contributed by atoms with Crippen LogP contribution in [0.15, 0.2) is 42.5 Å². The van der Waals surface area contributed by atoms with Gasteiger partial charge in [-0.2, -0.15) is 0 Å². The smallest absolute Gasteiger partial charge is 0.255 e. The molecule has 0 aromatic heterocycles. The van der Waals surface area contributed by atoms with Gasteiger partial charge in [-0.15, -0.1) is 11.6 Å². The molecule has 2 aromatic carbocycles. The molecule has 0 saturated carbocycles. The molecular formula is C16H15Cl2NO2. The Hall–Kier alpha value is -1.71. The molecule has 3 nitrogen and oxygen atoms in total. The Morgan fingerprint density at radius 3 is 2.48 bits per heavy atom. The normalized spacial score (nSPS) is 10.2. The van der Waals surface area contributed by atoms with Gasteiger partial charge in [-0.05, 0) is 42.8 Å². The Balaban J connectivity index is 2.09. The molecule has 0 spiro atoms. The summed E-state index contributed by atoms with van der Waals surface area (Å²) < 4.78 is 5.35. The summed E-state index contributed by atoms with van der Waals surface area (Å²) in [5, 5.41) is 3.26. The zero-order valence-electron chi connectivity index (χ0n) is 11.5. The van der Waals surface area contributed by atoms with Crippen LogP contribution in [0, 0.1) is 0 Å². The Morgan fingerprint density at radius 2 is 1.90 bits per heavy atom. The average molecular weight is 324 g/mol. The monoisotopic (exact) mass is 323 g/mol. The quantitative estimate of drug-likeness (QED) is 0.808. The minimum Gasteiger partial charge on any atom is -0.492 e. The van der Waals surface area contributed by atoms with Crippen LogP contribution in [0.5, 0.6) is 5.75 Å². The van der Waals surface area contributed by atoms with Crippen molar-refractivity contribution in [1.82, 2.24) is 0 Å². The topological polar surface area (TPSA) is 38.3 Å². The molecular weight excluding hydrogens is 309 g/mol. The molecule has 5 heteroatoms. The van der Waals surface area contributed by atoms with Gasteiger partial charge in [-0.1, -0.05) is 23.7 Å². The van der Waals surface area contributed by atoms with Crippen molar-refractivity contribution < 1.29 is 9.53 Å². The van der Waals surface area contributed by atoms with Gasteiger partial charge in [0.25, 0.3) is 5.91 Å². The number of rotatable bonds is 5. The molecule has 0 atom stereocenters. The Bertz CT molecular complexity index is 627. The highest BCUT2D eigenvalue weighted by molar-refractivity contribution is 6.32. The number of carbonyl (C=O) groups is 1. The molecule has 0 heterocycles. The molecule has 110 valence electrons. The summed E-state index contributed by atoms with van der Waals surface area (Å²) in [5.74, 6) is 0.830. The van der Waals surface area contributed by atoms with E-state index in [0.717, 1.165) is 5.56 Å². The summed E-state index contributed by atoms with van der Waals surface area (Å²) in [5.41, 5.74) is 2.15. The van der Waals surface area contributed by atoms with Crippen molar-refractivity contribution in [2.45, 2.75) is 12.8 Å². The van der Waals surface area contributed by atoms with E-state index in [1.165, 1.54) is 0 Å². The number of hydrogen-bond donors (Lipinski definition) is 1. The lowest BCUT2D eigenvalue weighted by molar-refractivity contribution is 0.102. The second kappa shape index (κ2) is 7.34. The lowest BCUT2D eigenvalue weighted by Gasteiger charge is -2.09. The molecule has 0 bridgehead atoms. The summed E-state index contributed by atoms with van der Waals surface area (Å²) in [4.78, 5) is 12.1. The van der Waals surface area contributed by atoms with Gasteiger partial charge in [0.1, 0.15) is 5.75 Å². The molecule has 2 rings (SSSR count). The van der Waals surface area contributed by atoms with Crippen LogP contribution in [0.3, 0.4) is 0 Å². The zero-order chi connectivity index (χ0) is 15.2. The fourth-order valence-electron chi connectivity index (χ4n) is 1.80. The van der Waals surface area contributed by atoms with E-state index in [9.17, 15) is 4.79 Å². The molecule has 0 fully saturated rings. The minimum absolute atomic E-state index is 0.198. The van der Waals surface area contributed by atoms with Crippen molar-refractivity contribution in [2.24, 2.45) is 0 Å². The van der Waals surface area contributed by atoms with Gasteiger partial charge in [0.15, 0.2) is 0 Å². The molecule has 2 aromatic rings. The maximum Gasteiger partial charge on any atom is 0.255 e. The zero-order valence-corrected chi connectivity index (χ0v) is 13.0. The molecule has 1 amide bonds. The minimum atomic E-state index is -0.198. The third kappa shape index (κ3) is 4.13. The van der Waals surface area contributed by atoms with Crippen LogP contribution in [0.25, 0.3) is 0 Å². The summed E-state index contributed by atoms with van der Waals surface area (Å²) >= 11 is 11.8. The predicted molar refractivity (Wildman–Crippen MR) is 86.6 cm³/mol. The Morgan fingerprint density at radius 1 is 1.19 bits per heavy atom. The first-order valence-electron chi connectivity index (χ1n) is 6.52. The van der Waals surface area contributed by atoms with Crippen LogP contribution in [0.4, 0.5) is 5.69 Å². The fraction of sp³-hybridized carbons (Fsp3) is 0.188. The van der Waals surface area contributed by atoms with Gasteiger partial charge in [0.05, 0.1) is 11.6 Å². The van der Waals surface area contributed by atoms with Gasteiger partial charge < -0.3 is 10.1 Å². The maximum atomic E-state index is 12.1. The van der Waals surface area contributed by atoms with Crippen LogP contribution < -0.4 is 10.1 Å². The lowest BCUT2D eigenvalue weighted by atomic mass is 10.1. The summed E-state index contributed by atoms with van der Waals surface area (Å²) in [6.45, 7) is 2.43. The highest BCUT2D eigenvalue weighted by atomic mass is 35.5. The van der Waals surface area contributed by atoms with E-state index >= 15 is 0 Å². The number of hydrogen-bond acceptors (Lipinski definition) is 2. The molecule has 0 radical (unpaired) electrons. The van der Waals surface area contributed by atoms with Crippen molar-refractivity contribution in [1.29, 1.82) is 0 Å². The number of ether oxygens (including phenoxy) is 1. The molecule has 0 saturated heterocycles. The lowest BCUT2D eigenvalue weighted by Crippen LogP contribution is -2.11. The first-order chi connectivity index (χ1) is 10.1. The fourth-order valence-corrected chi connectivity index (χ4v) is 2.21. The van der Waals surface area contributed by atoms with Crippen molar-refractivity contribution in [3.8, 4) is 5.75 Å². The summed E-state index contributed by atoms with van der Waals surface area (Å²) in [6, 6.07) is 12.3. The van der Waals surface area contributed by atoms with E-state index in [0.29, 0.717) is 34.5 Å². The first-order valence-corrected chi connectivity index (χ1v) is 7.44. The van der Waals surface area contributed by atoms with Gasteiger partial charge in [-0.25, -0.2) is 0 Å². The van der Waals surface area contributed by atoms with Gasteiger partial charge in [0, 0.05) is 17.1 Å². The summed E-state index contributed by atoms with van der Waals surface area (Å²) in [6.07, 6.45) is 0. The number of amides is 1. The SMILES string of the molecule is CCOc1ccc(NC(=O)c2ccc(CCl)cc2)cc1Cl. The van der Waals surface area contributed by atoms with Crippen LogP contribution >= 0.6 is 23.2 Å². The number of benzene rings is 2. The van der Waals surface area contributed by atoms with Gasteiger partial charge >= 0.3 is 0 Å². The van der Waals surface area contributed by atoms with Gasteiger partial charge in [-0.3, -0.25) is 4.79 Å². The standard InChI is InChI=1S/C16H15Cl2NO2/c1-2-21-15-8-7-13(9-14(15)18)19-16(20)12-5-3-11(10-17)4-6-12/h3-9H,2,10H2,1H3,(H,19,20). The third-order valence-electron chi connectivity index (χ3n) is 2.86. The summed E-state index contributed by atoms with van der Waals surface area (Å²) in [7, 11) is 0. The van der Waals surface area contributed by atoms with Crippen LogP contribution in [0.1, 0.15) is 22.8 Å². The number of alkyl halides is 1. The highest BCUT2D eigenvalue weighted by Gasteiger charge is 2.08. The maximum absolute atomic E-state index is 12.1. The van der Waals surface area contributed by atoms with Crippen LogP contribution in [-0.2, 0) is 5.88 Å². The van der Waals surface area contributed by atoms with Gasteiger partial charge in [0.2, 0.25) is 0 Å². The van der Waals surface area contributed by atoms with E-state index in [-0.39, 0.29) is 5.91 Å². The van der Waals surface area contributed by atoms with E-state index in [1.807, 2.05) is 19.1 Å². The van der Waals surface area contributed by atoms with Crippen LogP contribution in [0.2, 0.25) is 5.02 Å². The second-order valence-electron chi connectivity index (χ2n) is 4.36. The van der Waals surface area contributed by atoms with Crippen molar-refractivity contribution in [2.75, 3.05) is 11.9 Å². The second-order valence-corrected chi connectivity index (χ2v) is 5.04. The van der Waals surface area contributed by atoms with Crippen molar-refractivity contribution in [3.63, 3.8) is 0 Å². The van der Waals surface area contributed by atoms with Crippen LogP contribution in [-0.4, -0.2) is 12.5 Å². The number of anilines is 1. The van der Waals surface area contributed by atoms with E-state index in [4.69, 9.17) is 27.9 Å². The highest BCUT2D eigenvalue weighted by Crippen LogP contribution is 2.27. The number of nitrogens with one attached hydrogen (secondary N) is 1. The van der Waals surface area contributed by atoms with Crippen molar-refractivity contribution in [3.05, 3.63) is 58.6 Å². The third-order valence-corrected chi connectivity index (χ3v) is 3.46. The molecule has 0 aliphatic rings. The molecule has 21 heavy (non-hydrogen) atoms. The first kappa shape index (κ1) is 15.7. The molecule has 0 unspecified atom stereocenters.